The minimum Gasteiger partial charge on any atom is -0.466 e. The molecule has 7 heteroatoms. The van der Waals surface area contributed by atoms with Gasteiger partial charge in [0, 0.05) is 12.8 Å². The van der Waals surface area contributed by atoms with Crippen LogP contribution in [0.25, 0.3) is 0 Å². The van der Waals surface area contributed by atoms with Gasteiger partial charge in [0.15, 0.2) is 5.75 Å². The molecule has 0 saturated heterocycles. The van der Waals surface area contributed by atoms with Crippen molar-refractivity contribution in [1.29, 1.82) is 0 Å². The van der Waals surface area contributed by atoms with E-state index in [0.29, 0.717) is 19.4 Å². The van der Waals surface area contributed by atoms with Crippen LogP contribution in [0.5, 0.6) is 5.75 Å². The lowest BCUT2D eigenvalue weighted by molar-refractivity contribution is -0.144. The van der Waals surface area contributed by atoms with Crippen LogP contribution in [0.15, 0.2) is 12.1 Å². The van der Waals surface area contributed by atoms with Gasteiger partial charge in [-0.1, -0.05) is 41.7 Å². The van der Waals surface area contributed by atoms with Crippen molar-refractivity contribution >= 4 is 46.7 Å². The Morgan fingerprint density at radius 3 is 2.23 bits per heavy atom. The van der Waals surface area contributed by atoms with Crippen LogP contribution in [0.3, 0.4) is 0 Å². The smallest absolute Gasteiger partial charge is 0.311 e. The van der Waals surface area contributed by atoms with E-state index in [1.807, 2.05) is 6.92 Å². The molecule has 122 valence electrons. The number of benzene rings is 1. The molecule has 0 unspecified atom stereocenters. The summed E-state index contributed by atoms with van der Waals surface area (Å²) in [5, 5.41) is 0.573. The zero-order valence-electron chi connectivity index (χ0n) is 12.2. The quantitative estimate of drug-likeness (QED) is 0.279. The number of ether oxygens (including phenoxy) is 2. The number of carbonyl (C=O) groups is 2. The van der Waals surface area contributed by atoms with Crippen LogP contribution in [-0.2, 0) is 14.3 Å². The predicted octanol–water partition coefficient (Wildman–Crippen LogP) is 5.07. The van der Waals surface area contributed by atoms with Crippen molar-refractivity contribution in [1.82, 2.24) is 0 Å². The molecule has 0 spiro atoms. The average Bonchev–Trinajstić information content (AvgIpc) is 2.50. The highest BCUT2D eigenvalue weighted by atomic mass is 35.5. The van der Waals surface area contributed by atoms with Gasteiger partial charge in [-0.3, -0.25) is 9.59 Å². The zero-order chi connectivity index (χ0) is 16.5. The molecule has 0 saturated carbocycles. The Kier molecular flexibility index (Phi) is 8.61. The molecule has 0 bridgehead atoms. The van der Waals surface area contributed by atoms with E-state index in [1.165, 1.54) is 12.1 Å². The summed E-state index contributed by atoms with van der Waals surface area (Å²) in [4.78, 5) is 23.0. The summed E-state index contributed by atoms with van der Waals surface area (Å²) < 4.78 is 10.1. The summed E-state index contributed by atoms with van der Waals surface area (Å²) in [6.07, 6.45) is 2.29. The van der Waals surface area contributed by atoms with Gasteiger partial charge in [-0.2, -0.15) is 0 Å². The largest absolute Gasteiger partial charge is 0.466 e. The van der Waals surface area contributed by atoms with Gasteiger partial charge in [0.2, 0.25) is 0 Å². The SMILES string of the molecule is CCCOC(=O)CCCCC(=O)Oc1c(Cl)ccc(Cl)c1Cl. The Bertz CT molecular complexity index is 532. The van der Waals surface area contributed by atoms with Gasteiger partial charge in [-0.25, -0.2) is 0 Å². The lowest BCUT2D eigenvalue weighted by atomic mass is 10.2. The molecule has 0 radical (unpaired) electrons. The molecule has 0 aliphatic carbocycles. The number of hydrogen-bond donors (Lipinski definition) is 0. The van der Waals surface area contributed by atoms with Gasteiger partial charge in [0.1, 0.15) is 5.02 Å². The molecule has 4 nitrogen and oxygen atoms in total. The summed E-state index contributed by atoms with van der Waals surface area (Å²) in [6.45, 7) is 2.35. The van der Waals surface area contributed by atoms with Crippen molar-refractivity contribution in [2.24, 2.45) is 0 Å². The normalized spacial score (nSPS) is 10.4. The minimum atomic E-state index is -0.479. The third kappa shape index (κ3) is 6.42. The molecule has 1 aromatic carbocycles. The summed E-state index contributed by atoms with van der Waals surface area (Å²) in [5.74, 6) is -0.674. The van der Waals surface area contributed by atoms with Crippen molar-refractivity contribution in [2.45, 2.75) is 39.0 Å². The van der Waals surface area contributed by atoms with Gasteiger partial charge in [-0.15, -0.1) is 0 Å². The van der Waals surface area contributed by atoms with Gasteiger partial charge < -0.3 is 9.47 Å². The van der Waals surface area contributed by atoms with E-state index in [1.54, 1.807) is 0 Å². The molecule has 0 N–H and O–H groups in total. The van der Waals surface area contributed by atoms with Crippen LogP contribution < -0.4 is 4.74 Å². The molecule has 0 amide bonds. The number of carbonyl (C=O) groups excluding carboxylic acids is 2. The standard InChI is InChI=1S/C15H17Cl3O4/c1-2-9-21-12(19)5-3-4-6-13(20)22-15-11(17)8-7-10(16)14(15)18/h7-8H,2-6,9H2,1H3. The molecule has 1 aromatic rings. The topological polar surface area (TPSA) is 52.6 Å². The maximum Gasteiger partial charge on any atom is 0.311 e. The van der Waals surface area contributed by atoms with E-state index in [0.717, 1.165) is 6.42 Å². The van der Waals surface area contributed by atoms with Crippen molar-refractivity contribution in [3.8, 4) is 5.75 Å². The first-order valence-corrected chi connectivity index (χ1v) is 8.09. The van der Waals surface area contributed by atoms with Crippen molar-refractivity contribution < 1.29 is 19.1 Å². The molecule has 0 aliphatic heterocycles. The Hall–Kier alpha value is -0.970. The third-order valence-corrected chi connectivity index (χ3v) is 3.78. The lowest BCUT2D eigenvalue weighted by Crippen LogP contribution is -2.09. The van der Waals surface area contributed by atoms with Crippen molar-refractivity contribution in [3.63, 3.8) is 0 Å². The lowest BCUT2D eigenvalue weighted by Gasteiger charge is -2.09. The number of esters is 2. The van der Waals surface area contributed by atoms with E-state index in [9.17, 15) is 9.59 Å². The molecular weight excluding hydrogens is 351 g/mol. The second-order valence-corrected chi connectivity index (χ2v) is 5.77. The van der Waals surface area contributed by atoms with Crippen LogP contribution in [0.2, 0.25) is 15.1 Å². The molecule has 22 heavy (non-hydrogen) atoms. The first-order valence-electron chi connectivity index (χ1n) is 6.95. The molecule has 0 fully saturated rings. The van der Waals surface area contributed by atoms with E-state index in [4.69, 9.17) is 44.3 Å². The molecule has 0 atom stereocenters. The van der Waals surface area contributed by atoms with E-state index in [2.05, 4.69) is 0 Å². The predicted molar refractivity (Wildman–Crippen MR) is 86.8 cm³/mol. The highest BCUT2D eigenvalue weighted by Gasteiger charge is 2.15. The number of hydrogen-bond acceptors (Lipinski definition) is 4. The fraction of sp³-hybridized carbons (Fsp3) is 0.467. The Morgan fingerprint density at radius 1 is 1.00 bits per heavy atom. The molecule has 0 aliphatic rings. The van der Waals surface area contributed by atoms with E-state index < -0.39 is 5.97 Å². The second-order valence-electron chi connectivity index (χ2n) is 4.57. The highest BCUT2D eigenvalue weighted by molar-refractivity contribution is 6.44. The molecular formula is C15H17Cl3O4. The Morgan fingerprint density at radius 2 is 1.59 bits per heavy atom. The number of halogens is 3. The van der Waals surface area contributed by atoms with Gasteiger partial charge in [0.05, 0.1) is 16.7 Å². The fourth-order valence-corrected chi connectivity index (χ4v) is 2.19. The van der Waals surface area contributed by atoms with Crippen molar-refractivity contribution in [3.05, 3.63) is 27.2 Å². The third-order valence-electron chi connectivity index (χ3n) is 2.70. The summed E-state index contributed by atoms with van der Waals surface area (Å²) in [5.41, 5.74) is 0. The maximum atomic E-state index is 11.7. The van der Waals surface area contributed by atoms with Gasteiger partial charge >= 0.3 is 11.9 Å². The van der Waals surface area contributed by atoms with Gasteiger partial charge in [0.25, 0.3) is 0 Å². The first kappa shape index (κ1) is 19.1. The monoisotopic (exact) mass is 366 g/mol. The first-order chi connectivity index (χ1) is 10.5. The highest BCUT2D eigenvalue weighted by Crippen LogP contribution is 2.38. The summed E-state index contributed by atoms with van der Waals surface area (Å²) >= 11 is 17.7. The molecule has 0 heterocycles. The Balaban J connectivity index is 2.36. The summed E-state index contributed by atoms with van der Waals surface area (Å²) in [6, 6.07) is 3.02. The average molecular weight is 368 g/mol. The Labute approximate surface area is 144 Å². The van der Waals surface area contributed by atoms with Crippen molar-refractivity contribution in [2.75, 3.05) is 6.61 Å². The fourth-order valence-electron chi connectivity index (χ4n) is 1.59. The molecule has 1 rings (SSSR count). The second kappa shape index (κ2) is 9.93. The van der Waals surface area contributed by atoms with Crippen LogP contribution in [-0.4, -0.2) is 18.5 Å². The zero-order valence-corrected chi connectivity index (χ0v) is 14.4. The van der Waals surface area contributed by atoms with Crippen LogP contribution >= 0.6 is 34.8 Å². The van der Waals surface area contributed by atoms with Crippen LogP contribution in [0.4, 0.5) is 0 Å². The molecule has 0 aromatic heterocycles. The number of rotatable bonds is 8. The maximum absolute atomic E-state index is 11.7. The summed E-state index contributed by atoms with van der Waals surface area (Å²) in [7, 11) is 0. The minimum absolute atomic E-state index is 0.0585. The van der Waals surface area contributed by atoms with Crippen LogP contribution in [0.1, 0.15) is 39.0 Å². The number of unbranched alkanes of at least 4 members (excludes halogenated alkanes) is 1. The van der Waals surface area contributed by atoms with E-state index in [-0.39, 0.29) is 39.6 Å². The van der Waals surface area contributed by atoms with E-state index >= 15 is 0 Å². The van der Waals surface area contributed by atoms with Crippen LogP contribution in [0, 0.1) is 0 Å². The van der Waals surface area contributed by atoms with Gasteiger partial charge in [-0.05, 0) is 31.4 Å².